The van der Waals surface area contributed by atoms with Gasteiger partial charge in [-0.05, 0) is 18.2 Å². The SMILES string of the molecule is COc1cccc(-c2cc(C(=O)O)nc3ccnn23)c1. The fourth-order valence-corrected chi connectivity index (χ4v) is 2.01. The average Bonchev–Trinajstić information content (AvgIpc) is 2.94. The van der Waals surface area contributed by atoms with Crippen LogP contribution in [0, 0.1) is 0 Å². The molecule has 0 unspecified atom stereocenters. The zero-order valence-electron chi connectivity index (χ0n) is 10.6. The molecule has 0 aliphatic heterocycles. The van der Waals surface area contributed by atoms with Gasteiger partial charge in [-0.2, -0.15) is 5.10 Å². The van der Waals surface area contributed by atoms with Gasteiger partial charge in [-0.25, -0.2) is 14.3 Å². The number of hydrogen-bond donors (Lipinski definition) is 1. The molecule has 20 heavy (non-hydrogen) atoms. The van der Waals surface area contributed by atoms with Gasteiger partial charge >= 0.3 is 5.97 Å². The monoisotopic (exact) mass is 269 g/mol. The van der Waals surface area contributed by atoms with E-state index in [2.05, 4.69) is 10.1 Å². The van der Waals surface area contributed by atoms with Crippen molar-refractivity contribution in [1.82, 2.24) is 14.6 Å². The Morgan fingerprint density at radius 3 is 2.90 bits per heavy atom. The highest BCUT2D eigenvalue weighted by molar-refractivity contribution is 5.87. The van der Waals surface area contributed by atoms with Crippen LogP contribution in [0.4, 0.5) is 0 Å². The molecule has 0 fully saturated rings. The predicted molar refractivity (Wildman–Crippen MR) is 71.9 cm³/mol. The number of ether oxygens (including phenoxy) is 1. The van der Waals surface area contributed by atoms with Crippen LogP contribution in [0.3, 0.4) is 0 Å². The molecule has 1 aromatic carbocycles. The molecule has 0 aliphatic carbocycles. The molecule has 6 nitrogen and oxygen atoms in total. The van der Waals surface area contributed by atoms with Gasteiger partial charge in [0, 0.05) is 11.6 Å². The lowest BCUT2D eigenvalue weighted by Gasteiger charge is -2.08. The van der Waals surface area contributed by atoms with E-state index in [9.17, 15) is 4.79 Å². The van der Waals surface area contributed by atoms with Crippen molar-refractivity contribution >= 4 is 11.6 Å². The van der Waals surface area contributed by atoms with Gasteiger partial charge in [0.15, 0.2) is 11.3 Å². The quantitative estimate of drug-likeness (QED) is 0.788. The van der Waals surface area contributed by atoms with Crippen molar-refractivity contribution in [3.05, 3.63) is 48.3 Å². The van der Waals surface area contributed by atoms with E-state index in [-0.39, 0.29) is 5.69 Å². The van der Waals surface area contributed by atoms with Gasteiger partial charge in [0.05, 0.1) is 19.0 Å². The van der Waals surface area contributed by atoms with Crippen LogP contribution in [-0.2, 0) is 0 Å². The van der Waals surface area contributed by atoms with Crippen LogP contribution in [-0.4, -0.2) is 32.8 Å². The molecule has 6 heteroatoms. The number of benzene rings is 1. The summed E-state index contributed by atoms with van der Waals surface area (Å²) in [5.74, 6) is -0.380. The van der Waals surface area contributed by atoms with E-state index in [0.29, 0.717) is 17.1 Å². The molecule has 0 spiro atoms. The summed E-state index contributed by atoms with van der Waals surface area (Å²) in [6, 6.07) is 10.5. The molecular weight excluding hydrogens is 258 g/mol. The first kappa shape index (κ1) is 12.2. The third-order valence-corrected chi connectivity index (χ3v) is 2.94. The number of fused-ring (bicyclic) bond motifs is 1. The summed E-state index contributed by atoms with van der Waals surface area (Å²) in [6.45, 7) is 0. The zero-order chi connectivity index (χ0) is 14.1. The molecular formula is C14H11N3O3. The van der Waals surface area contributed by atoms with E-state index < -0.39 is 5.97 Å². The molecule has 0 saturated carbocycles. The largest absolute Gasteiger partial charge is 0.497 e. The minimum absolute atomic E-state index is 0.0178. The van der Waals surface area contributed by atoms with Gasteiger partial charge in [0.2, 0.25) is 0 Å². The molecule has 3 aromatic rings. The Morgan fingerprint density at radius 1 is 1.30 bits per heavy atom. The van der Waals surface area contributed by atoms with E-state index in [1.54, 1.807) is 23.9 Å². The molecule has 3 rings (SSSR count). The molecule has 100 valence electrons. The second kappa shape index (κ2) is 4.65. The Kier molecular flexibility index (Phi) is 2.83. The van der Waals surface area contributed by atoms with Crippen LogP contribution in [0.5, 0.6) is 5.75 Å². The smallest absolute Gasteiger partial charge is 0.354 e. The lowest BCUT2D eigenvalue weighted by atomic mass is 10.1. The zero-order valence-corrected chi connectivity index (χ0v) is 10.6. The second-order valence-corrected chi connectivity index (χ2v) is 4.16. The van der Waals surface area contributed by atoms with Crippen molar-refractivity contribution in [2.45, 2.75) is 0 Å². The average molecular weight is 269 g/mol. The Morgan fingerprint density at radius 2 is 2.15 bits per heavy atom. The number of aromatic nitrogens is 3. The first-order valence-corrected chi connectivity index (χ1v) is 5.91. The topological polar surface area (TPSA) is 76.7 Å². The Hall–Kier alpha value is -2.89. The number of carboxylic acid groups (broad SMARTS) is 1. The number of nitrogens with zero attached hydrogens (tertiary/aromatic N) is 3. The third kappa shape index (κ3) is 1.97. The Balaban J connectivity index is 2.27. The highest BCUT2D eigenvalue weighted by Crippen LogP contribution is 2.24. The molecule has 0 radical (unpaired) electrons. The van der Waals surface area contributed by atoms with E-state index in [0.717, 1.165) is 5.56 Å². The first-order valence-electron chi connectivity index (χ1n) is 5.91. The fraction of sp³-hybridized carbons (Fsp3) is 0.0714. The summed E-state index contributed by atoms with van der Waals surface area (Å²) < 4.78 is 6.78. The first-order chi connectivity index (χ1) is 9.69. The van der Waals surface area contributed by atoms with E-state index in [1.807, 2.05) is 24.3 Å². The summed E-state index contributed by atoms with van der Waals surface area (Å²) in [5.41, 5.74) is 1.93. The van der Waals surface area contributed by atoms with Crippen molar-refractivity contribution in [2.24, 2.45) is 0 Å². The number of methoxy groups -OCH3 is 1. The number of rotatable bonds is 3. The summed E-state index contributed by atoms with van der Waals surface area (Å²) >= 11 is 0. The van der Waals surface area contributed by atoms with Gasteiger partial charge in [0.25, 0.3) is 0 Å². The van der Waals surface area contributed by atoms with Gasteiger partial charge in [-0.15, -0.1) is 0 Å². The Bertz CT molecular complexity index is 795. The van der Waals surface area contributed by atoms with E-state index in [1.165, 1.54) is 6.07 Å². The normalized spacial score (nSPS) is 10.7. The number of carbonyl (C=O) groups is 1. The van der Waals surface area contributed by atoms with Crippen LogP contribution in [0.2, 0.25) is 0 Å². The molecule has 1 N–H and O–H groups in total. The summed E-state index contributed by atoms with van der Waals surface area (Å²) in [5, 5.41) is 13.3. The summed E-state index contributed by atoms with van der Waals surface area (Å²) in [4.78, 5) is 15.2. The van der Waals surface area contributed by atoms with Gasteiger partial charge in [0.1, 0.15) is 5.75 Å². The standard InChI is InChI=1S/C14H11N3O3/c1-20-10-4-2-3-9(7-10)12-8-11(14(18)19)16-13-5-6-15-17(12)13/h2-8H,1H3,(H,18,19). The summed E-state index contributed by atoms with van der Waals surface area (Å²) in [6.07, 6.45) is 1.58. The van der Waals surface area contributed by atoms with Gasteiger partial charge < -0.3 is 9.84 Å². The van der Waals surface area contributed by atoms with Crippen LogP contribution < -0.4 is 4.74 Å². The highest BCUT2D eigenvalue weighted by atomic mass is 16.5. The number of aromatic carboxylic acids is 1. The molecule has 0 amide bonds. The van der Waals surface area contributed by atoms with Crippen molar-refractivity contribution < 1.29 is 14.6 Å². The maximum atomic E-state index is 11.2. The highest BCUT2D eigenvalue weighted by Gasteiger charge is 2.13. The van der Waals surface area contributed by atoms with Crippen LogP contribution in [0.1, 0.15) is 10.5 Å². The minimum atomic E-state index is -1.07. The lowest BCUT2D eigenvalue weighted by molar-refractivity contribution is 0.0690. The molecule has 0 atom stereocenters. The van der Waals surface area contributed by atoms with Gasteiger partial charge in [-0.3, -0.25) is 0 Å². The van der Waals surface area contributed by atoms with Crippen molar-refractivity contribution in [2.75, 3.05) is 7.11 Å². The summed E-state index contributed by atoms with van der Waals surface area (Å²) in [7, 11) is 1.58. The van der Waals surface area contributed by atoms with Crippen LogP contribution >= 0.6 is 0 Å². The number of carboxylic acids is 1. The fourth-order valence-electron chi connectivity index (χ4n) is 2.01. The maximum Gasteiger partial charge on any atom is 0.354 e. The third-order valence-electron chi connectivity index (χ3n) is 2.94. The molecule has 2 aromatic heterocycles. The van der Waals surface area contributed by atoms with Crippen LogP contribution in [0.15, 0.2) is 42.6 Å². The van der Waals surface area contributed by atoms with Crippen molar-refractivity contribution in [3.8, 4) is 17.0 Å². The Labute approximate surface area is 114 Å². The molecule has 0 aliphatic rings. The molecule has 0 bridgehead atoms. The lowest BCUT2D eigenvalue weighted by Crippen LogP contribution is -2.05. The predicted octanol–water partition coefficient (Wildman–Crippen LogP) is 2.10. The second-order valence-electron chi connectivity index (χ2n) is 4.16. The molecule has 2 heterocycles. The number of hydrogen-bond acceptors (Lipinski definition) is 4. The minimum Gasteiger partial charge on any atom is -0.497 e. The van der Waals surface area contributed by atoms with E-state index >= 15 is 0 Å². The van der Waals surface area contributed by atoms with Gasteiger partial charge in [-0.1, -0.05) is 12.1 Å². The van der Waals surface area contributed by atoms with Crippen LogP contribution in [0.25, 0.3) is 16.9 Å². The maximum absolute atomic E-state index is 11.2. The molecule has 0 saturated heterocycles. The van der Waals surface area contributed by atoms with E-state index in [4.69, 9.17) is 9.84 Å². The van der Waals surface area contributed by atoms with Crippen molar-refractivity contribution in [1.29, 1.82) is 0 Å². The van der Waals surface area contributed by atoms with Crippen molar-refractivity contribution in [3.63, 3.8) is 0 Å².